The summed E-state index contributed by atoms with van der Waals surface area (Å²) >= 11 is 0. The van der Waals surface area contributed by atoms with Crippen LogP contribution in [0.5, 0.6) is 0 Å². The van der Waals surface area contributed by atoms with Gasteiger partial charge in [0, 0.05) is 32.3 Å². The molecule has 0 aromatic carbocycles. The Morgan fingerprint density at radius 2 is 1.85 bits per heavy atom. The Hall–Kier alpha value is -0.620. The van der Waals surface area contributed by atoms with Gasteiger partial charge in [0.25, 0.3) is 0 Å². The summed E-state index contributed by atoms with van der Waals surface area (Å²) in [6.45, 7) is 6.34. The largest absolute Gasteiger partial charge is 0.449 e. The van der Waals surface area contributed by atoms with Crippen LogP contribution in [-0.2, 0) is 9.30 Å². The lowest BCUT2D eigenvalue weighted by atomic mass is 10.3. The van der Waals surface area contributed by atoms with E-state index in [4.69, 9.17) is 15.7 Å². The smallest absolute Gasteiger partial charge is 0.409 e. The van der Waals surface area contributed by atoms with Crippen molar-refractivity contribution >= 4 is 13.5 Å². The maximum absolute atomic E-state index is 11.7. The van der Waals surface area contributed by atoms with E-state index in [1.165, 1.54) is 0 Å². The van der Waals surface area contributed by atoms with Crippen LogP contribution in [0.25, 0.3) is 0 Å². The molecule has 0 radical (unpaired) electrons. The molecule has 1 aliphatic heterocycles. The molecule has 1 rings (SSSR count). The molecule has 1 amide bonds. The first-order valence-electron chi connectivity index (χ1n) is 7.22. The molecule has 0 aromatic rings. The minimum absolute atomic E-state index is 0.216. The Balaban J connectivity index is 2.16. The van der Waals surface area contributed by atoms with Gasteiger partial charge in [-0.3, -0.25) is 20.5 Å². The normalized spacial score (nSPS) is 17.2. The molecular formula is C12H27N4O3P. The van der Waals surface area contributed by atoms with E-state index in [1.54, 1.807) is 4.90 Å². The summed E-state index contributed by atoms with van der Waals surface area (Å²) in [5.74, 6) is 0. The van der Waals surface area contributed by atoms with Crippen LogP contribution in [0.2, 0.25) is 0 Å². The lowest BCUT2D eigenvalue weighted by Crippen LogP contribution is -2.49. The van der Waals surface area contributed by atoms with Crippen molar-refractivity contribution in [1.29, 1.82) is 0 Å². The fraction of sp³-hybridized carbons (Fsp3) is 0.917. The summed E-state index contributed by atoms with van der Waals surface area (Å²) < 4.78 is 16.4. The second kappa shape index (κ2) is 8.62. The Bertz CT molecular complexity index is 340. The number of hydrogen-bond donors (Lipinski definition) is 2. The second-order valence-corrected chi connectivity index (χ2v) is 7.38. The SMILES string of the molecule is CCCCOC(=O)N1CCN(CCCP(N)(N)=O)CC1. The van der Waals surface area contributed by atoms with E-state index in [0.29, 0.717) is 25.9 Å². The van der Waals surface area contributed by atoms with Crippen LogP contribution in [0, 0.1) is 0 Å². The van der Waals surface area contributed by atoms with Crippen LogP contribution in [0.3, 0.4) is 0 Å². The highest BCUT2D eigenvalue weighted by molar-refractivity contribution is 7.58. The zero-order valence-corrected chi connectivity index (χ0v) is 13.2. The lowest BCUT2D eigenvalue weighted by molar-refractivity contribution is 0.0756. The molecule has 1 aliphatic rings. The predicted molar refractivity (Wildman–Crippen MR) is 79.7 cm³/mol. The van der Waals surface area contributed by atoms with Crippen molar-refractivity contribution in [3.63, 3.8) is 0 Å². The number of carbonyl (C=O) groups is 1. The Morgan fingerprint density at radius 3 is 2.40 bits per heavy atom. The van der Waals surface area contributed by atoms with E-state index in [-0.39, 0.29) is 6.09 Å². The van der Waals surface area contributed by atoms with Crippen LogP contribution >= 0.6 is 7.44 Å². The molecular weight excluding hydrogens is 279 g/mol. The van der Waals surface area contributed by atoms with Gasteiger partial charge in [-0.15, -0.1) is 0 Å². The molecule has 1 saturated heterocycles. The van der Waals surface area contributed by atoms with Gasteiger partial charge < -0.3 is 9.64 Å². The summed E-state index contributed by atoms with van der Waals surface area (Å²) in [5.41, 5.74) is 10.6. The number of unbranched alkanes of at least 4 members (excludes halogenated alkanes) is 1. The van der Waals surface area contributed by atoms with Crippen molar-refractivity contribution in [2.45, 2.75) is 26.2 Å². The van der Waals surface area contributed by atoms with Crippen LogP contribution in [-0.4, -0.2) is 61.4 Å². The molecule has 0 atom stereocenters. The molecule has 0 unspecified atom stereocenters. The molecule has 0 bridgehead atoms. The predicted octanol–water partition coefficient (Wildman–Crippen LogP) is 1.04. The minimum Gasteiger partial charge on any atom is -0.449 e. The van der Waals surface area contributed by atoms with Gasteiger partial charge >= 0.3 is 6.09 Å². The average Bonchev–Trinajstić information content (AvgIpc) is 2.38. The van der Waals surface area contributed by atoms with Crippen molar-refractivity contribution in [1.82, 2.24) is 9.80 Å². The molecule has 0 saturated carbocycles. The van der Waals surface area contributed by atoms with Crippen LogP contribution < -0.4 is 11.0 Å². The number of rotatable bonds is 7. The summed E-state index contributed by atoms with van der Waals surface area (Å²) in [7, 11) is -2.89. The standard InChI is InChI=1S/C12H27N4O3P/c1-2-3-10-19-12(17)16-8-6-15(7-9-16)5-4-11-20(13,14)18/h2-11H2,1H3,(H4,13,14,18). The van der Waals surface area contributed by atoms with Crippen molar-refractivity contribution in [3.05, 3.63) is 0 Å². The molecule has 1 fully saturated rings. The maximum atomic E-state index is 11.7. The van der Waals surface area contributed by atoms with Crippen molar-refractivity contribution < 1.29 is 14.1 Å². The number of hydrogen-bond acceptors (Lipinski definition) is 4. The average molecular weight is 306 g/mol. The van der Waals surface area contributed by atoms with Crippen molar-refractivity contribution in [2.24, 2.45) is 11.0 Å². The zero-order chi connectivity index (χ0) is 15.0. The lowest BCUT2D eigenvalue weighted by Gasteiger charge is -2.34. The first-order chi connectivity index (χ1) is 9.42. The third kappa shape index (κ3) is 7.24. The van der Waals surface area contributed by atoms with E-state index >= 15 is 0 Å². The fourth-order valence-electron chi connectivity index (χ4n) is 2.09. The quantitative estimate of drug-likeness (QED) is 0.538. The van der Waals surface area contributed by atoms with Gasteiger partial charge in [0.05, 0.1) is 6.61 Å². The van der Waals surface area contributed by atoms with Gasteiger partial charge in [-0.05, 0) is 19.4 Å². The van der Waals surface area contributed by atoms with E-state index in [0.717, 1.165) is 38.9 Å². The first-order valence-corrected chi connectivity index (χ1v) is 9.25. The van der Waals surface area contributed by atoms with E-state index in [2.05, 4.69) is 11.8 Å². The fourth-order valence-corrected chi connectivity index (χ4v) is 2.73. The number of nitrogens with two attached hydrogens (primary N) is 2. The van der Waals surface area contributed by atoms with Gasteiger partial charge in [-0.2, -0.15) is 0 Å². The molecule has 7 nitrogen and oxygen atoms in total. The summed E-state index contributed by atoms with van der Waals surface area (Å²) in [6, 6.07) is 0. The summed E-state index contributed by atoms with van der Waals surface area (Å²) in [6.07, 6.45) is 2.81. The highest BCUT2D eigenvalue weighted by atomic mass is 31.2. The first kappa shape index (κ1) is 17.4. The molecule has 0 spiro atoms. The van der Waals surface area contributed by atoms with Gasteiger partial charge in [0.15, 0.2) is 0 Å². The number of amides is 1. The minimum atomic E-state index is -2.89. The van der Waals surface area contributed by atoms with Gasteiger partial charge in [0.2, 0.25) is 7.44 Å². The maximum Gasteiger partial charge on any atom is 0.409 e. The molecule has 4 N–H and O–H groups in total. The molecule has 118 valence electrons. The molecule has 0 aliphatic carbocycles. The zero-order valence-electron chi connectivity index (χ0n) is 12.3. The van der Waals surface area contributed by atoms with Crippen LogP contribution in [0.4, 0.5) is 4.79 Å². The molecule has 20 heavy (non-hydrogen) atoms. The topological polar surface area (TPSA) is 102 Å². The van der Waals surface area contributed by atoms with E-state index in [9.17, 15) is 9.36 Å². The number of carbonyl (C=O) groups excluding carboxylic acids is 1. The van der Waals surface area contributed by atoms with Crippen LogP contribution in [0.15, 0.2) is 0 Å². The summed E-state index contributed by atoms with van der Waals surface area (Å²) in [5, 5.41) is 0. The van der Waals surface area contributed by atoms with Gasteiger partial charge in [0.1, 0.15) is 0 Å². The molecule has 1 heterocycles. The second-order valence-electron chi connectivity index (χ2n) is 5.23. The van der Waals surface area contributed by atoms with E-state index < -0.39 is 7.44 Å². The van der Waals surface area contributed by atoms with Crippen molar-refractivity contribution in [2.75, 3.05) is 45.5 Å². The highest BCUT2D eigenvalue weighted by Crippen LogP contribution is 2.25. The van der Waals surface area contributed by atoms with Gasteiger partial charge in [-0.1, -0.05) is 13.3 Å². The Kier molecular flexibility index (Phi) is 7.51. The number of ether oxygens (including phenoxy) is 1. The van der Waals surface area contributed by atoms with E-state index in [1.807, 2.05) is 0 Å². The van der Waals surface area contributed by atoms with Crippen LogP contribution in [0.1, 0.15) is 26.2 Å². The summed E-state index contributed by atoms with van der Waals surface area (Å²) in [4.78, 5) is 15.7. The monoisotopic (exact) mass is 306 g/mol. The number of nitrogens with zero attached hydrogens (tertiary/aromatic N) is 2. The molecule has 8 heteroatoms. The Labute approximate surface area is 121 Å². The van der Waals surface area contributed by atoms with Crippen molar-refractivity contribution in [3.8, 4) is 0 Å². The molecule has 0 aromatic heterocycles. The third-order valence-electron chi connectivity index (χ3n) is 3.34. The van der Waals surface area contributed by atoms with Gasteiger partial charge in [-0.25, -0.2) is 4.79 Å². The Morgan fingerprint density at radius 1 is 1.20 bits per heavy atom. The number of piperazine rings is 1. The third-order valence-corrected chi connectivity index (χ3v) is 4.35. The highest BCUT2D eigenvalue weighted by Gasteiger charge is 2.22.